The summed E-state index contributed by atoms with van der Waals surface area (Å²) in [6, 6.07) is 8.03. The molecule has 1 unspecified atom stereocenters. The van der Waals surface area contributed by atoms with Crippen LogP contribution in [0.4, 0.5) is 0 Å². The van der Waals surface area contributed by atoms with Crippen molar-refractivity contribution in [3.8, 4) is 5.75 Å². The van der Waals surface area contributed by atoms with Gasteiger partial charge in [0.2, 0.25) is 5.91 Å². The van der Waals surface area contributed by atoms with Crippen molar-refractivity contribution in [2.24, 2.45) is 0 Å². The highest BCUT2D eigenvalue weighted by atomic mass is 16.5. The summed E-state index contributed by atoms with van der Waals surface area (Å²) >= 11 is 0. The molecule has 2 atom stereocenters. The van der Waals surface area contributed by atoms with E-state index >= 15 is 0 Å². The zero-order valence-electron chi connectivity index (χ0n) is 14.9. The number of carboxylic acid groups (broad SMARTS) is 1. The number of methoxy groups -OCH3 is 1. The molecule has 0 aromatic heterocycles. The summed E-state index contributed by atoms with van der Waals surface area (Å²) in [6.07, 6.45) is 3.10. The zero-order chi connectivity index (χ0) is 18.2. The molecule has 2 rings (SSSR count). The number of carboxylic acids is 1. The number of ether oxygens (including phenoxy) is 2. The second-order valence-electron chi connectivity index (χ2n) is 6.48. The standard InChI is InChI=1S/C19H27NO5/c1-14-12-20(13-17(25-14)19(22)23)18(21)7-5-3-4-6-15-8-10-16(24-2)11-9-15/h8-11,14,17H,3-7,12-13H2,1-2H3,(H,22,23)/t14-,17?/m1/s1. The van der Waals surface area contributed by atoms with E-state index < -0.39 is 12.1 Å². The average molecular weight is 349 g/mol. The molecular formula is C19H27NO5. The van der Waals surface area contributed by atoms with Crippen molar-refractivity contribution in [3.63, 3.8) is 0 Å². The quantitative estimate of drug-likeness (QED) is 0.730. The van der Waals surface area contributed by atoms with Gasteiger partial charge in [0.25, 0.3) is 0 Å². The maximum absolute atomic E-state index is 12.3. The normalized spacial score (nSPS) is 20.3. The molecule has 6 heteroatoms. The molecule has 1 aromatic carbocycles. The first-order valence-corrected chi connectivity index (χ1v) is 8.78. The van der Waals surface area contributed by atoms with Crippen molar-refractivity contribution in [1.82, 2.24) is 4.90 Å². The van der Waals surface area contributed by atoms with Crippen LogP contribution < -0.4 is 4.74 Å². The minimum Gasteiger partial charge on any atom is -0.497 e. The second-order valence-corrected chi connectivity index (χ2v) is 6.48. The molecule has 1 heterocycles. The van der Waals surface area contributed by atoms with Crippen molar-refractivity contribution in [2.75, 3.05) is 20.2 Å². The molecule has 0 bridgehead atoms. The highest BCUT2D eigenvalue weighted by molar-refractivity contribution is 5.78. The number of aliphatic carboxylic acids is 1. The predicted octanol–water partition coefficient (Wildman–Crippen LogP) is 2.50. The van der Waals surface area contributed by atoms with Crippen LogP contribution in [0.1, 0.15) is 38.2 Å². The number of nitrogens with zero attached hydrogens (tertiary/aromatic N) is 1. The lowest BCUT2D eigenvalue weighted by Gasteiger charge is -2.35. The van der Waals surface area contributed by atoms with Crippen LogP contribution >= 0.6 is 0 Å². The van der Waals surface area contributed by atoms with Gasteiger partial charge in [0.15, 0.2) is 6.10 Å². The van der Waals surface area contributed by atoms with Crippen molar-refractivity contribution >= 4 is 11.9 Å². The van der Waals surface area contributed by atoms with Gasteiger partial charge in [-0.25, -0.2) is 4.79 Å². The highest BCUT2D eigenvalue weighted by Crippen LogP contribution is 2.16. The first kappa shape index (κ1) is 19.2. The van der Waals surface area contributed by atoms with Gasteiger partial charge in [0, 0.05) is 13.0 Å². The number of amides is 1. The number of carbonyl (C=O) groups is 2. The lowest BCUT2D eigenvalue weighted by atomic mass is 10.1. The Kier molecular flexibility index (Phi) is 7.25. The van der Waals surface area contributed by atoms with Crippen LogP contribution in [0.5, 0.6) is 5.75 Å². The Hall–Kier alpha value is -2.08. The monoisotopic (exact) mass is 349 g/mol. The first-order chi connectivity index (χ1) is 12.0. The number of aryl methyl sites for hydroxylation is 1. The third kappa shape index (κ3) is 6.05. The van der Waals surface area contributed by atoms with E-state index in [0.717, 1.165) is 31.4 Å². The fraction of sp³-hybridized carbons (Fsp3) is 0.579. The van der Waals surface area contributed by atoms with Crippen LogP contribution in [0.3, 0.4) is 0 Å². The molecule has 0 saturated carbocycles. The Morgan fingerprint density at radius 1 is 1.20 bits per heavy atom. The summed E-state index contributed by atoms with van der Waals surface area (Å²) in [5, 5.41) is 9.07. The topological polar surface area (TPSA) is 76.1 Å². The number of benzene rings is 1. The summed E-state index contributed by atoms with van der Waals surface area (Å²) < 4.78 is 10.5. The van der Waals surface area contributed by atoms with Gasteiger partial charge in [-0.2, -0.15) is 0 Å². The third-order valence-electron chi connectivity index (χ3n) is 4.40. The van der Waals surface area contributed by atoms with Crippen LogP contribution in [0, 0.1) is 0 Å². The van der Waals surface area contributed by atoms with Crippen molar-refractivity contribution in [3.05, 3.63) is 29.8 Å². The molecule has 0 radical (unpaired) electrons. The molecule has 1 aliphatic rings. The van der Waals surface area contributed by atoms with Gasteiger partial charge in [-0.3, -0.25) is 4.79 Å². The summed E-state index contributed by atoms with van der Waals surface area (Å²) in [4.78, 5) is 25.0. The van der Waals surface area contributed by atoms with E-state index in [4.69, 9.17) is 14.6 Å². The maximum atomic E-state index is 12.3. The molecule has 0 spiro atoms. The highest BCUT2D eigenvalue weighted by Gasteiger charge is 2.32. The fourth-order valence-electron chi connectivity index (χ4n) is 3.02. The minimum absolute atomic E-state index is 0.0193. The van der Waals surface area contributed by atoms with E-state index in [9.17, 15) is 9.59 Å². The number of unbranched alkanes of at least 4 members (excludes halogenated alkanes) is 2. The molecular weight excluding hydrogens is 322 g/mol. The molecule has 25 heavy (non-hydrogen) atoms. The van der Waals surface area contributed by atoms with Crippen LogP contribution in [0.2, 0.25) is 0 Å². The van der Waals surface area contributed by atoms with E-state index in [2.05, 4.69) is 12.1 Å². The van der Waals surface area contributed by atoms with Gasteiger partial charge in [-0.1, -0.05) is 18.6 Å². The summed E-state index contributed by atoms with van der Waals surface area (Å²) in [5.41, 5.74) is 1.26. The largest absolute Gasteiger partial charge is 0.497 e. The molecule has 1 aromatic rings. The van der Waals surface area contributed by atoms with Crippen molar-refractivity contribution in [2.45, 2.75) is 51.2 Å². The summed E-state index contributed by atoms with van der Waals surface area (Å²) in [7, 11) is 1.65. The fourth-order valence-corrected chi connectivity index (χ4v) is 3.02. The molecule has 1 N–H and O–H groups in total. The molecule has 138 valence electrons. The molecule has 1 aliphatic heterocycles. The van der Waals surface area contributed by atoms with Gasteiger partial charge in [-0.05, 0) is 43.9 Å². The van der Waals surface area contributed by atoms with Crippen molar-refractivity contribution in [1.29, 1.82) is 0 Å². The number of hydrogen-bond donors (Lipinski definition) is 1. The van der Waals surface area contributed by atoms with Gasteiger partial charge < -0.3 is 19.5 Å². The Balaban J connectivity index is 1.66. The first-order valence-electron chi connectivity index (χ1n) is 8.78. The zero-order valence-corrected chi connectivity index (χ0v) is 14.9. The van der Waals surface area contributed by atoms with E-state index in [1.807, 2.05) is 12.1 Å². The Morgan fingerprint density at radius 2 is 1.92 bits per heavy atom. The van der Waals surface area contributed by atoms with E-state index in [0.29, 0.717) is 13.0 Å². The smallest absolute Gasteiger partial charge is 0.334 e. The Bertz CT molecular complexity index is 572. The summed E-state index contributed by atoms with van der Waals surface area (Å²) in [5.74, 6) is -0.136. The number of rotatable bonds is 8. The van der Waals surface area contributed by atoms with Crippen LogP contribution in [0.15, 0.2) is 24.3 Å². The van der Waals surface area contributed by atoms with Crippen molar-refractivity contribution < 1.29 is 24.2 Å². The lowest BCUT2D eigenvalue weighted by Crippen LogP contribution is -2.51. The molecule has 1 fully saturated rings. The third-order valence-corrected chi connectivity index (χ3v) is 4.40. The number of morpholine rings is 1. The van der Waals surface area contributed by atoms with E-state index in [1.165, 1.54) is 5.56 Å². The van der Waals surface area contributed by atoms with Gasteiger partial charge in [-0.15, -0.1) is 0 Å². The van der Waals surface area contributed by atoms with Gasteiger partial charge in [0.1, 0.15) is 5.75 Å². The van der Waals surface area contributed by atoms with Crippen LogP contribution in [0.25, 0.3) is 0 Å². The van der Waals surface area contributed by atoms with Crippen LogP contribution in [-0.4, -0.2) is 54.3 Å². The van der Waals surface area contributed by atoms with E-state index in [1.54, 1.807) is 18.9 Å². The predicted molar refractivity (Wildman–Crippen MR) is 93.7 cm³/mol. The van der Waals surface area contributed by atoms with E-state index in [-0.39, 0.29) is 18.6 Å². The molecule has 1 amide bonds. The molecule has 1 saturated heterocycles. The second kappa shape index (κ2) is 9.42. The molecule has 6 nitrogen and oxygen atoms in total. The van der Waals surface area contributed by atoms with Crippen LogP contribution in [-0.2, 0) is 20.7 Å². The van der Waals surface area contributed by atoms with Gasteiger partial charge >= 0.3 is 5.97 Å². The Morgan fingerprint density at radius 3 is 2.56 bits per heavy atom. The number of carbonyl (C=O) groups excluding carboxylic acids is 1. The maximum Gasteiger partial charge on any atom is 0.334 e. The average Bonchev–Trinajstić information content (AvgIpc) is 2.61. The Labute approximate surface area is 148 Å². The summed E-state index contributed by atoms with van der Waals surface area (Å²) in [6.45, 7) is 2.41. The van der Waals surface area contributed by atoms with Gasteiger partial charge in [0.05, 0.1) is 19.8 Å². The SMILES string of the molecule is COc1ccc(CCCCCC(=O)N2CC(C(=O)O)O[C@H](C)C2)cc1. The minimum atomic E-state index is -1.01. The lowest BCUT2D eigenvalue weighted by molar-refractivity contribution is -0.166. The molecule has 0 aliphatic carbocycles. The number of hydrogen-bond acceptors (Lipinski definition) is 4.